The summed E-state index contributed by atoms with van der Waals surface area (Å²) in [5.74, 6) is 0. The lowest BCUT2D eigenvalue weighted by molar-refractivity contribution is -0.384. The van der Waals surface area contributed by atoms with E-state index in [1.807, 2.05) is 0 Å². The average Bonchev–Trinajstić information content (AvgIpc) is 2.31. The molecule has 0 spiro atoms. The molecule has 1 aromatic carbocycles. The number of nitro groups is 1. The van der Waals surface area contributed by atoms with Crippen LogP contribution in [-0.2, 0) is 4.18 Å². The number of non-ortho nitro benzene ring substituents is 1. The second-order valence-electron chi connectivity index (χ2n) is 3.37. The highest BCUT2D eigenvalue weighted by Gasteiger charge is 2.07. The standard InChI is InChI=1S/C11H15NO3S/c1-3-10(4-2)15-16-11-7-5-9(6-8-11)12(13)14/h5-8,10H,3-4H2,1-2H3. The van der Waals surface area contributed by atoms with Gasteiger partial charge in [0.2, 0.25) is 0 Å². The monoisotopic (exact) mass is 241 g/mol. The van der Waals surface area contributed by atoms with Gasteiger partial charge in [-0.2, -0.15) is 0 Å². The van der Waals surface area contributed by atoms with E-state index < -0.39 is 4.92 Å². The van der Waals surface area contributed by atoms with E-state index in [-0.39, 0.29) is 11.8 Å². The van der Waals surface area contributed by atoms with E-state index in [0.717, 1.165) is 17.7 Å². The summed E-state index contributed by atoms with van der Waals surface area (Å²) in [6.45, 7) is 4.15. The molecule has 5 heteroatoms. The summed E-state index contributed by atoms with van der Waals surface area (Å²) in [6, 6.07) is 6.37. The molecule has 0 radical (unpaired) electrons. The SMILES string of the molecule is CCC(CC)OSc1ccc([N+](=O)[O-])cc1. The van der Waals surface area contributed by atoms with Gasteiger partial charge in [-0.25, -0.2) is 0 Å². The minimum absolute atomic E-state index is 0.104. The maximum atomic E-state index is 10.4. The minimum Gasteiger partial charge on any atom is -0.307 e. The van der Waals surface area contributed by atoms with E-state index in [0.29, 0.717) is 0 Å². The Morgan fingerprint density at radius 1 is 1.31 bits per heavy atom. The zero-order chi connectivity index (χ0) is 12.0. The highest BCUT2D eigenvalue weighted by atomic mass is 32.2. The molecule has 0 aromatic heterocycles. The summed E-state index contributed by atoms with van der Waals surface area (Å²) in [4.78, 5) is 10.9. The van der Waals surface area contributed by atoms with Gasteiger partial charge in [0.1, 0.15) is 0 Å². The maximum Gasteiger partial charge on any atom is 0.269 e. The maximum absolute atomic E-state index is 10.4. The molecule has 0 atom stereocenters. The van der Waals surface area contributed by atoms with Crippen LogP contribution >= 0.6 is 12.0 Å². The molecular formula is C11H15NO3S. The Morgan fingerprint density at radius 2 is 1.88 bits per heavy atom. The van der Waals surface area contributed by atoms with E-state index in [4.69, 9.17) is 4.18 Å². The molecule has 0 unspecified atom stereocenters. The van der Waals surface area contributed by atoms with Crippen LogP contribution in [0.2, 0.25) is 0 Å². The molecule has 0 saturated heterocycles. The molecule has 1 rings (SSSR count). The minimum atomic E-state index is -0.407. The number of benzene rings is 1. The Morgan fingerprint density at radius 3 is 2.31 bits per heavy atom. The first-order valence-electron chi connectivity index (χ1n) is 5.25. The van der Waals surface area contributed by atoms with Crippen molar-refractivity contribution < 1.29 is 9.11 Å². The molecule has 0 fully saturated rings. The van der Waals surface area contributed by atoms with Crippen molar-refractivity contribution in [2.24, 2.45) is 0 Å². The molecule has 0 aliphatic carbocycles. The zero-order valence-electron chi connectivity index (χ0n) is 9.38. The first-order chi connectivity index (χ1) is 7.67. The zero-order valence-corrected chi connectivity index (χ0v) is 10.2. The van der Waals surface area contributed by atoms with E-state index in [9.17, 15) is 10.1 Å². The fraction of sp³-hybridized carbons (Fsp3) is 0.455. The van der Waals surface area contributed by atoms with Crippen molar-refractivity contribution in [3.63, 3.8) is 0 Å². The molecule has 4 nitrogen and oxygen atoms in total. The second kappa shape index (κ2) is 6.50. The molecule has 0 aliphatic heterocycles. The van der Waals surface area contributed by atoms with Gasteiger partial charge >= 0.3 is 0 Å². The van der Waals surface area contributed by atoms with Crippen LogP contribution in [0, 0.1) is 10.1 Å². The van der Waals surface area contributed by atoms with Gasteiger partial charge in [0.15, 0.2) is 0 Å². The first kappa shape index (κ1) is 13.0. The third-order valence-corrected chi connectivity index (χ3v) is 3.07. The molecule has 1 aromatic rings. The van der Waals surface area contributed by atoms with Crippen LogP contribution in [-0.4, -0.2) is 11.0 Å². The van der Waals surface area contributed by atoms with Crippen molar-refractivity contribution in [1.82, 2.24) is 0 Å². The first-order valence-corrected chi connectivity index (χ1v) is 5.99. The fourth-order valence-electron chi connectivity index (χ4n) is 1.17. The lowest BCUT2D eigenvalue weighted by Gasteiger charge is -2.11. The Hall–Kier alpha value is -1.07. The van der Waals surface area contributed by atoms with Gasteiger partial charge in [0.25, 0.3) is 5.69 Å². The molecule has 0 saturated carbocycles. The summed E-state index contributed by atoms with van der Waals surface area (Å²) in [5, 5.41) is 10.4. The number of hydrogen-bond donors (Lipinski definition) is 0. The van der Waals surface area contributed by atoms with Gasteiger partial charge in [0, 0.05) is 29.1 Å². The Kier molecular flexibility index (Phi) is 5.28. The van der Waals surface area contributed by atoms with E-state index in [1.165, 1.54) is 24.2 Å². The smallest absolute Gasteiger partial charge is 0.269 e. The predicted octanol–water partition coefficient (Wildman–Crippen LogP) is 3.81. The van der Waals surface area contributed by atoms with Crippen LogP contribution in [0.1, 0.15) is 26.7 Å². The van der Waals surface area contributed by atoms with Crippen LogP contribution in [0.3, 0.4) is 0 Å². The number of nitrogens with zero attached hydrogens (tertiary/aromatic N) is 1. The molecule has 0 N–H and O–H groups in total. The van der Waals surface area contributed by atoms with Gasteiger partial charge in [-0.3, -0.25) is 10.1 Å². The third kappa shape index (κ3) is 3.83. The van der Waals surface area contributed by atoms with Crippen molar-refractivity contribution in [2.45, 2.75) is 37.7 Å². The normalized spacial score (nSPS) is 10.7. The molecule has 0 bridgehead atoms. The molecule has 88 valence electrons. The Bertz CT molecular complexity index is 336. The lowest BCUT2D eigenvalue weighted by atomic mass is 10.2. The van der Waals surface area contributed by atoms with E-state index in [1.54, 1.807) is 12.1 Å². The summed E-state index contributed by atoms with van der Waals surface area (Å²) >= 11 is 1.28. The average molecular weight is 241 g/mol. The molecule has 0 heterocycles. The Balaban J connectivity index is 2.52. The van der Waals surface area contributed by atoms with Crippen LogP contribution in [0.5, 0.6) is 0 Å². The Labute approximate surface area is 99.4 Å². The van der Waals surface area contributed by atoms with E-state index >= 15 is 0 Å². The summed E-state index contributed by atoms with van der Waals surface area (Å²) in [5.41, 5.74) is 0.104. The van der Waals surface area contributed by atoms with Crippen LogP contribution in [0.4, 0.5) is 5.69 Å². The quantitative estimate of drug-likeness (QED) is 0.432. The van der Waals surface area contributed by atoms with Crippen molar-refractivity contribution in [3.8, 4) is 0 Å². The van der Waals surface area contributed by atoms with Crippen molar-refractivity contribution in [2.75, 3.05) is 0 Å². The van der Waals surface area contributed by atoms with E-state index in [2.05, 4.69) is 13.8 Å². The molecule has 16 heavy (non-hydrogen) atoms. The lowest BCUT2D eigenvalue weighted by Crippen LogP contribution is -2.04. The molecule has 0 aliphatic rings. The van der Waals surface area contributed by atoms with Crippen molar-refractivity contribution in [1.29, 1.82) is 0 Å². The van der Waals surface area contributed by atoms with Gasteiger partial charge in [-0.1, -0.05) is 13.8 Å². The topological polar surface area (TPSA) is 52.4 Å². The number of hydrogen-bond acceptors (Lipinski definition) is 4. The van der Waals surface area contributed by atoms with Crippen LogP contribution in [0.15, 0.2) is 29.2 Å². The molecular weight excluding hydrogens is 226 g/mol. The van der Waals surface area contributed by atoms with Gasteiger partial charge in [-0.15, -0.1) is 0 Å². The fourth-order valence-corrected chi connectivity index (χ4v) is 1.94. The van der Waals surface area contributed by atoms with Crippen molar-refractivity contribution >= 4 is 17.7 Å². The van der Waals surface area contributed by atoms with Crippen molar-refractivity contribution in [3.05, 3.63) is 34.4 Å². The van der Waals surface area contributed by atoms with Gasteiger partial charge in [-0.05, 0) is 25.0 Å². The number of nitro benzene ring substituents is 1. The predicted molar refractivity (Wildman–Crippen MR) is 64.4 cm³/mol. The van der Waals surface area contributed by atoms with Crippen LogP contribution in [0.25, 0.3) is 0 Å². The summed E-state index contributed by atoms with van der Waals surface area (Å²) in [7, 11) is 0. The highest BCUT2D eigenvalue weighted by Crippen LogP contribution is 2.24. The van der Waals surface area contributed by atoms with Gasteiger partial charge in [0.05, 0.1) is 11.0 Å². The highest BCUT2D eigenvalue weighted by molar-refractivity contribution is 7.94. The van der Waals surface area contributed by atoms with Crippen LogP contribution < -0.4 is 0 Å². The summed E-state index contributed by atoms with van der Waals surface area (Å²) in [6.07, 6.45) is 2.17. The summed E-state index contributed by atoms with van der Waals surface area (Å²) < 4.78 is 5.57. The third-order valence-electron chi connectivity index (χ3n) is 2.24. The molecule has 0 amide bonds. The second-order valence-corrected chi connectivity index (χ2v) is 4.20. The van der Waals surface area contributed by atoms with Gasteiger partial charge < -0.3 is 4.18 Å². The number of rotatable bonds is 6. The largest absolute Gasteiger partial charge is 0.307 e.